The van der Waals surface area contributed by atoms with E-state index in [1.807, 2.05) is 6.07 Å². The molecule has 11 heteroatoms. The second kappa shape index (κ2) is 11.7. The summed E-state index contributed by atoms with van der Waals surface area (Å²) < 4.78 is 19.8. The van der Waals surface area contributed by atoms with Crippen molar-refractivity contribution in [1.82, 2.24) is 25.3 Å². The fourth-order valence-electron chi connectivity index (χ4n) is 7.49. The van der Waals surface area contributed by atoms with Crippen LogP contribution < -0.4 is 10.6 Å². The number of ether oxygens (including phenoxy) is 1. The molecular weight excluding hydrogens is 543 g/mol. The van der Waals surface area contributed by atoms with Crippen molar-refractivity contribution >= 4 is 23.5 Å². The number of likely N-dealkylation sites (tertiary alicyclic amines) is 1. The number of hydrogen-bond acceptors (Lipinski definition) is 9. The van der Waals surface area contributed by atoms with E-state index in [0.717, 1.165) is 36.3 Å². The Morgan fingerprint density at radius 1 is 1.29 bits per heavy atom. The standard InChI is InChI=1S/C30H39FN6O3S/c1-3-25(38)37-14-13-36(17-21(37)9-11-32)28-23-8-10-30(16-19-6-7-20(31)15-24(19)41-30)27(39)26(23)33-29(34-28)40-18-22-5-4-12-35(22)2/h3,6-7,15,21-23,26,28-29,33-34H,1,4-5,8-10,12-14,16-18H2,2H3/t21?,22?,23?,26?,28?,29?,30-/m1/s1. The molecule has 1 aromatic rings. The molecule has 5 aliphatic rings. The summed E-state index contributed by atoms with van der Waals surface area (Å²) in [6, 6.07) is 6.76. The Morgan fingerprint density at radius 3 is 2.90 bits per heavy atom. The van der Waals surface area contributed by atoms with Gasteiger partial charge in [-0.1, -0.05) is 12.6 Å². The van der Waals surface area contributed by atoms with Gasteiger partial charge >= 0.3 is 0 Å². The molecule has 220 valence electrons. The summed E-state index contributed by atoms with van der Waals surface area (Å²) in [7, 11) is 2.12. The summed E-state index contributed by atoms with van der Waals surface area (Å²) in [6.45, 7) is 6.90. The van der Waals surface area contributed by atoms with E-state index >= 15 is 0 Å². The Balaban J connectivity index is 1.24. The van der Waals surface area contributed by atoms with Crippen molar-refractivity contribution in [2.24, 2.45) is 5.92 Å². The van der Waals surface area contributed by atoms with Gasteiger partial charge in [0.15, 0.2) is 12.1 Å². The molecule has 7 atom stereocenters. The van der Waals surface area contributed by atoms with Crippen LogP contribution in [0.5, 0.6) is 0 Å². The van der Waals surface area contributed by atoms with Crippen LogP contribution in [0, 0.1) is 23.1 Å². The molecule has 0 bridgehead atoms. The molecule has 9 nitrogen and oxygen atoms in total. The average Bonchev–Trinajstić information content (AvgIpc) is 3.56. The zero-order valence-electron chi connectivity index (χ0n) is 23.6. The third-order valence-corrected chi connectivity index (χ3v) is 11.3. The van der Waals surface area contributed by atoms with Crippen molar-refractivity contribution < 1.29 is 18.7 Å². The molecule has 41 heavy (non-hydrogen) atoms. The van der Waals surface area contributed by atoms with Crippen LogP contribution in [0.4, 0.5) is 4.39 Å². The van der Waals surface area contributed by atoms with Crippen LogP contribution in [0.2, 0.25) is 0 Å². The van der Waals surface area contributed by atoms with Crippen molar-refractivity contribution in [2.45, 2.75) is 78.8 Å². The molecule has 4 heterocycles. The van der Waals surface area contributed by atoms with Gasteiger partial charge < -0.3 is 14.5 Å². The molecule has 4 aliphatic heterocycles. The number of hydrogen-bond donors (Lipinski definition) is 2. The molecule has 6 unspecified atom stereocenters. The van der Waals surface area contributed by atoms with Crippen LogP contribution in [-0.2, 0) is 20.7 Å². The quantitative estimate of drug-likeness (QED) is 0.489. The predicted molar refractivity (Wildman–Crippen MR) is 153 cm³/mol. The highest BCUT2D eigenvalue weighted by atomic mass is 32.2. The van der Waals surface area contributed by atoms with Crippen LogP contribution in [-0.4, -0.2) is 102 Å². The molecular formula is C30H39FN6O3S. The van der Waals surface area contributed by atoms with Gasteiger partial charge in [-0.25, -0.2) is 4.39 Å². The first kappa shape index (κ1) is 28.8. The number of piperazine rings is 1. The molecule has 1 aliphatic carbocycles. The summed E-state index contributed by atoms with van der Waals surface area (Å²) in [5, 5.41) is 16.7. The maximum absolute atomic E-state index is 14.4. The highest BCUT2D eigenvalue weighted by molar-refractivity contribution is 8.01. The molecule has 0 aromatic heterocycles. The van der Waals surface area contributed by atoms with Crippen LogP contribution in [0.1, 0.15) is 37.7 Å². The van der Waals surface area contributed by atoms with Gasteiger partial charge in [-0.3, -0.25) is 25.1 Å². The third-order valence-electron chi connectivity index (χ3n) is 9.73. The second-order valence-electron chi connectivity index (χ2n) is 12.1. The molecule has 1 saturated carbocycles. The average molecular weight is 583 g/mol. The summed E-state index contributed by atoms with van der Waals surface area (Å²) in [5.74, 6) is -0.289. The molecule has 1 amide bonds. The van der Waals surface area contributed by atoms with Gasteiger partial charge in [0, 0.05) is 36.5 Å². The van der Waals surface area contributed by atoms with E-state index in [2.05, 4.69) is 40.1 Å². The number of likely N-dealkylation sites (N-methyl/N-ethyl adjacent to an activating group) is 1. The molecule has 1 aromatic carbocycles. The van der Waals surface area contributed by atoms with Crippen molar-refractivity contribution in [3.8, 4) is 6.07 Å². The Kier molecular flexibility index (Phi) is 8.24. The number of ketones is 1. The number of benzene rings is 1. The summed E-state index contributed by atoms with van der Waals surface area (Å²) >= 11 is 1.52. The largest absolute Gasteiger partial charge is 0.348 e. The van der Waals surface area contributed by atoms with Gasteiger partial charge in [-0.2, -0.15) is 5.26 Å². The number of carbonyl (C=O) groups is 2. The minimum absolute atomic E-state index is 0.00688. The van der Waals surface area contributed by atoms with E-state index < -0.39 is 17.1 Å². The number of nitrogens with zero attached hydrogens (tertiary/aromatic N) is 4. The predicted octanol–water partition coefficient (Wildman–Crippen LogP) is 2.09. The lowest BCUT2D eigenvalue weighted by Gasteiger charge is -2.54. The van der Waals surface area contributed by atoms with E-state index in [4.69, 9.17) is 4.74 Å². The topological polar surface area (TPSA) is 101 Å². The maximum atomic E-state index is 14.4. The monoisotopic (exact) mass is 582 g/mol. The molecule has 2 N–H and O–H groups in total. The first-order valence-corrected chi connectivity index (χ1v) is 15.5. The third kappa shape index (κ3) is 5.46. The Morgan fingerprint density at radius 2 is 2.15 bits per heavy atom. The van der Waals surface area contributed by atoms with Crippen molar-refractivity contribution in [3.05, 3.63) is 42.2 Å². The molecule has 1 spiro atoms. The minimum Gasteiger partial charge on any atom is -0.348 e. The van der Waals surface area contributed by atoms with Crippen molar-refractivity contribution in [1.29, 1.82) is 5.26 Å². The fourth-order valence-corrected chi connectivity index (χ4v) is 9.03. The van der Waals surface area contributed by atoms with Crippen LogP contribution in [0.25, 0.3) is 0 Å². The highest BCUT2D eigenvalue weighted by Crippen LogP contribution is 2.53. The van der Waals surface area contributed by atoms with E-state index in [1.165, 1.54) is 23.9 Å². The zero-order chi connectivity index (χ0) is 28.7. The van der Waals surface area contributed by atoms with Gasteiger partial charge in [0.05, 0.1) is 42.1 Å². The molecule has 3 saturated heterocycles. The molecule has 4 fully saturated rings. The van der Waals surface area contributed by atoms with Crippen molar-refractivity contribution in [3.63, 3.8) is 0 Å². The number of carbonyl (C=O) groups excluding carboxylic acids is 2. The Hall–Kier alpha value is -2.33. The van der Waals surface area contributed by atoms with Gasteiger partial charge in [0.25, 0.3) is 0 Å². The number of nitrogens with one attached hydrogen (secondary N) is 2. The Labute approximate surface area is 245 Å². The van der Waals surface area contributed by atoms with E-state index in [-0.39, 0.29) is 42.1 Å². The molecule has 6 rings (SSSR count). The fraction of sp³-hybridized carbons (Fsp3) is 0.633. The van der Waals surface area contributed by atoms with E-state index in [1.54, 1.807) is 11.0 Å². The highest BCUT2D eigenvalue weighted by Gasteiger charge is 2.56. The van der Waals surface area contributed by atoms with E-state index in [9.17, 15) is 19.2 Å². The molecule has 0 radical (unpaired) electrons. The van der Waals surface area contributed by atoms with Crippen LogP contribution in [0.15, 0.2) is 35.7 Å². The van der Waals surface area contributed by atoms with Crippen LogP contribution in [0.3, 0.4) is 0 Å². The number of rotatable bonds is 6. The number of nitriles is 1. The van der Waals surface area contributed by atoms with Gasteiger partial charge in [-0.15, -0.1) is 11.8 Å². The number of halogens is 1. The summed E-state index contributed by atoms with van der Waals surface area (Å²) in [4.78, 5) is 34.1. The number of fused-ring (bicyclic) bond motifs is 2. The lowest BCUT2D eigenvalue weighted by Crippen LogP contribution is -2.75. The van der Waals surface area contributed by atoms with Crippen LogP contribution >= 0.6 is 11.8 Å². The number of amides is 1. The normalized spacial score (nSPS) is 35.7. The smallest absolute Gasteiger partial charge is 0.246 e. The second-order valence-corrected chi connectivity index (χ2v) is 13.5. The minimum atomic E-state index is -0.610. The first-order valence-electron chi connectivity index (χ1n) is 14.7. The van der Waals surface area contributed by atoms with Gasteiger partial charge in [0.1, 0.15) is 5.82 Å². The van der Waals surface area contributed by atoms with Gasteiger partial charge in [-0.05, 0) is 69.5 Å². The number of Topliss-reactive ketones (excluding diaryl/α,β-unsaturated/α-hetero) is 1. The SMILES string of the molecule is C=CC(=O)N1CCN(C2NC(OCC3CCCN3C)NC3C(=O)[C@@]4(CCC32)Cc2ccc(F)cc2S4)CC1CC#N. The lowest BCUT2D eigenvalue weighted by atomic mass is 9.72. The maximum Gasteiger partial charge on any atom is 0.246 e. The first-order chi connectivity index (χ1) is 19.8. The lowest BCUT2D eigenvalue weighted by molar-refractivity contribution is -0.144. The van der Waals surface area contributed by atoms with E-state index in [0.29, 0.717) is 45.1 Å². The Bertz CT molecular complexity index is 1240. The van der Waals surface area contributed by atoms with Crippen molar-refractivity contribution in [2.75, 3.05) is 39.8 Å². The summed E-state index contributed by atoms with van der Waals surface area (Å²) in [6.07, 6.45) is 5.25. The summed E-state index contributed by atoms with van der Waals surface area (Å²) in [5.41, 5.74) is 1.04. The zero-order valence-corrected chi connectivity index (χ0v) is 24.4. The van der Waals surface area contributed by atoms with Gasteiger partial charge in [0.2, 0.25) is 5.91 Å². The number of thioether (sulfide) groups is 1.